The number of unbranched alkanes of at least 4 members (excludes halogenated alkanes) is 1. The molecule has 0 radical (unpaired) electrons. The molecule has 138 valence electrons. The fourth-order valence-corrected chi connectivity index (χ4v) is 2.63. The SMILES string of the molecule is C=CCN1C(=O)C(=Cc2ccc(OCCCC)c(OC)c2)C(=O)NC1=S. The van der Waals surface area contributed by atoms with Crippen LogP contribution >= 0.6 is 12.2 Å². The van der Waals surface area contributed by atoms with Crippen molar-refractivity contribution >= 4 is 35.2 Å². The van der Waals surface area contributed by atoms with Crippen LogP contribution in [0.25, 0.3) is 6.08 Å². The number of thiocarbonyl (C=S) groups is 1. The van der Waals surface area contributed by atoms with Gasteiger partial charge >= 0.3 is 0 Å². The summed E-state index contributed by atoms with van der Waals surface area (Å²) >= 11 is 5.03. The molecule has 1 aliphatic rings. The van der Waals surface area contributed by atoms with Crippen LogP contribution in [-0.2, 0) is 9.59 Å². The zero-order valence-electron chi connectivity index (χ0n) is 14.9. The molecule has 0 aliphatic carbocycles. The Balaban J connectivity index is 2.29. The van der Waals surface area contributed by atoms with E-state index in [1.807, 2.05) is 0 Å². The summed E-state index contributed by atoms with van der Waals surface area (Å²) in [6.07, 6.45) is 5.04. The third-order valence-corrected chi connectivity index (χ3v) is 4.07. The molecule has 7 heteroatoms. The number of nitrogens with zero attached hydrogens (tertiary/aromatic N) is 1. The fourth-order valence-electron chi connectivity index (χ4n) is 2.38. The molecule has 0 unspecified atom stereocenters. The summed E-state index contributed by atoms with van der Waals surface area (Å²) in [5.74, 6) is 0.179. The molecule has 1 heterocycles. The van der Waals surface area contributed by atoms with Crippen molar-refractivity contribution in [2.24, 2.45) is 0 Å². The molecule has 1 fully saturated rings. The maximum atomic E-state index is 12.5. The summed E-state index contributed by atoms with van der Waals surface area (Å²) in [4.78, 5) is 26.0. The molecular formula is C19H22N2O4S. The smallest absolute Gasteiger partial charge is 0.265 e. The highest BCUT2D eigenvalue weighted by atomic mass is 32.1. The van der Waals surface area contributed by atoms with Crippen LogP contribution in [0.5, 0.6) is 11.5 Å². The minimum absolute atomic E-state index is 0.00199. The summed E-state index contributed by atoms with van der Waals surface area (Å²) in [6.45, 7) is 6.51. The highest BCUT2D eigenvalue weighted by molar-refractivity contribution is 7.80. The van der Waals surface area contributed by atoms with Crippen molar-refractivity contribution in [1.82, 2.24) is 10.2 Å². The molecule has 1 aromatic rings. The average molecular weight is 374 g/mol. The van der Waals surface area contributed by atoms with Crippen LogP contribution < -0.4 is 14.8 Å². The second-order valence-electron chi connectivity index (χ2n) is 5.63. The largest absolute Gasteiger partial charge is 0.493 e. The van der Waals surface area contributed by atoms with Gasteiger partial charge in [-0.15, -0.1) is 6.58 Å². The summed E-state index contributed by atoms with van der Waals surface area (Å²) < 4.78 is 11.0. The van der Waals surface area contributed by atoms with Crippen molar-refractivity contribution in [3.05, 3.63) is 42.0 Å². The summed E-state index contributed by atoms with van der Waals surface area (Å²) in [6, 6.07) is 5.25. The molecule has 0 bridgehead atoms. The average Bonchev–Trinajstić information content (AvgIpc) is 2.63. The molecule has 2 amide bonds. The van der Waals surface area contributed by atoms with Crippen molar-refractivity contribution in [2.75, 3.05) is 20.3 Å². The molecule has 26 heavy (non-hydrogen) atoms. The van der Waals surface area contributed by atoms with E-state index in [2.05, 4.69) is 18.8 Å². The first kappa shape index (κ1) is 19.7. The van der Waals surface area contributed by atoms with Gasteiger partial charge in [-0.05, 0) is 42.4 Å². The van der Waals surface area contributed by atoms with E-state index in [1.54, 1.807) is 31.4 Å². The van der Waals surface area contributed by atoms with Gasteiger partial charge in [0.25, 0.3) is 11.8 Å². The summed E-state index contributed by atoms with van der Waals surface area (Å²) in [5, 5.41) is 2.59. The molecule has 1 N–H and O–H groups in total. The van der Waals surface area contributed by atoms with Gasteiger partial charge in [-0.1, -0.05) is 25.5 Å². The first-order valence-corrected chi connectivity index (χ1v) is 8.73. The second-order valence-corrected chi connectivity index (χ2v) is 6.02. The first-order valence-electron chi connectivity index (χ1n) is 8.32. The second kappa shape index (κ2) is 9.15. The number of rotatable bonds is 8. The quantitative estimate of drug-likeness (QED) is 0.249. The molecule has 2 rings (SSSR count). The first-order chi connectivity index (χ1) is 12.5. The molecule has 0 aromatic heterocycles. The summed E-state index contributed by atoms with van der Waals surface area (Å²) in [7, 11) is 1.54. The van der Waals surface area contributed by atoms with E-state index in [9.17, 15) is 9.59 Å². The van der Waals surface area contributed by atoms with Crippen molar-refractivity contribution < 1.29 is 19.1 Å². The zero-order valence-corrected chi connectivity index (χ0v) is 15.7. The van der Waals surface area contributed by atoms with Crippen molar-refractivity contribution in [3.63, 3.8) is 0 Å². The van der Waals surface area contributed by atoms with E-state index in [0.717, 1.165) is 12.8 Å². The van der Waals surface area contributed by atoms with Crippen LogP contribution in [0.4, 0.5) is 0 Å². The minimum atomic E-state index is -0.525. The lowest BCUT2D eigenvalue weighted by Gasteiger charge is -2.27. The highest BCUT2D eigenvalue weighted by Gasteiger charge is 2.32. The molecule has 0 saturated carbocycles. The number of carbonyl (C=O) groups excluding carboxylic acids is 2. The van der Waals surface area contributed by atoms with Gasteiger partial charge in [0.05, 0.1) is 13.7 Å². The number of ether oxygens (including phenoxy) is 2. The summed E-state index contributed by atoms with van der Waals surface area (Å²) in [5.41, 5.74) is 0.650. The monoisotopic (exact) mass is 374 g/mol. The van der Waals surface area contributed by atoms with E-state index in [-0.39, 0.29) is 17.2 Å². The van der Waals surface area contributed by atoms with Gasteiger partial charge in [-0.25, -0.2) is 0 Å². The maximum Gasteiger partial charge on any atom is 0.265 e. The molecule has 1 aromatic carbocycles. The lowest BCUT2D eigenvalue weighted by atomic mass is 10.1. The van der Waals surface area contributed by atoms with Gasteiger partial charge in [0, 0.05) is 6.54 Å². The van der Waals surface area contributed by atoms with Crippen molar-refractivity contribution in [3.8, 4) is 11.5 Å². The van der Waals surface area contributed by atoms with Crippen LogP contribution in [0, 0.1) is 0 Å². The minimum Gasteiger partial charge on any atom is -0.493 e. The molecule has 0 spiro atoms. The molecule has 6 nitrogen and oxygen atoms in total. The van der Waals surface area contributed by atoms with Crippen LogP contribution in [0.15, 0.2) is 36.4 Å². The standard InChI is InChI=1S/C19H22N2O4S/c1-4-6-10-25-15-8-7-13(12-16(15)24-3)11-14-17(22)20-19(26)21(9-5-2)18(14)23/h5,7-8,11-12H,2,4,6,9-10H2,1,3H3,(H,20,22,26). The third kappa shape index (κ3) is 4.49. The van der Waals surface area contributed by atoms with Gasteiger partial charge in [0.2, 0.25) is 0 Å². The Hall–Kier alpha value is -2.67. The van der Waals surface area contributed by atoms with Crippen LogP contribution in [0.3, 0.4) is 0 Å². The normalized spacial score (nSPS) is 15.8. The maximum absolute atomic E-state index is 12.5. The topological polar surface area (TPSA) is 67.9 Å². The number of hydrogen-bond acceptors (Lipinski definition) is 5. The Bertz CT molecular complexity index is 758. The number of carbonyl (C=O) groups is 2. The van der Waals surface area contributed by atoms with Gasteiger partial charge in [-0.3, -0.25) is 19.8 Å². The Labute approximate surface area is 158 Å². The number of benzene rings is 1. The number of nitrogens with one attached hydrogen (secondary N) is 1. The Morgan fingerprint density at radius 1 is 1.31 bits per heavy atom. The van der Waals surface area contributed by atoms with Gasteiger partial charge in [0.1, 0.15) is 5.57 Å². The molecule has 0 atom stereocenters. The van der Waals surface area contributed by atoms with Crippen molar-refractivity contribution in [1.29, 1.82) is 0 Å². The van der Waals surface area contributed by atoms with Crippen LogP contribution in [-0.4, -0.2) is 42.1 Å². The highest BCUT2D eigenvalue weighted by Crippen LogP contribution is 2.29. The molecular weight excluding hydrogens is 352 g/mol. The van der Waals surface area contributed by atoms with E-state index in [4.69, 9.17) is 21.7 Å². The number of hydrogen-bond donors (Lipinski definition) is 1. The van der Waals surface area contributed by atoms with E-state index in [0.29, 0.717) is 23.7 Å². The third-order valence-electron chi connectivity index (χ3n) is 3.75. The molecule has 1 aliphatic heterocycles. The Morgan fingerprint density at radius 2 is 2.08 bits per heavy atom. The number of amides is 2. The Kier molecular flexibility index (Phi) is 6.91. The van der Waals surface area contributed by atoms with E-state index in [1.165, 1.54) is 11.0 Å². The van der Waals surface area contributed by atoms with Gasteiger partial charge < -0.3 is 9.47 Å². The van der Waals surface area contributed by atoms with Crippen molar-refractivity contribution in [2.45, 2.75) is 19.8 Å². The Morgan fingerprint density at radius 3 is 2.73 bits per heavy atom. The lowest BCUT2D eigenvalue weighted by molar-refractivity contribution is -0.128. The van der Waals surface area contributed by atoms with Gasteiger partial charge in [-0.2, -0.15) is 0 Å². The predicted octanol–water partition coefficient (Wildman–Crippen LogP) is 2.69. The zero-order chi connectivity index (χ0) is 19.1. The van der Waals surface area contributed by atoms with Gasteiger partial charge in [0.15, 0.2) is 16.6 Å². The van der Waals surface area contributed by atoms with E-state index < -0.39 is 11.8 Å². The molecule has 1 saturated heterocycles. The fraction of sp³-hybridized carbons (Fsp3) is 0.316. The predicted molar refractivity (Wildman–Crippen MR) is 104 cm³/mol. The number of methoxy groups -OCH3 is 1. The van der Waals surface area contributed by atoms with Crippen LogP contribution in [0.1, 0.15) is 25.3 Å². The van der Waals surface area contributed by atoms with Crippen LogP contribution in [0.2, 0.25) is 0 Å². The lowest BCUT2D eigenvalue weighted by Crippen LogP contribution is -2.53. The van der Waals surface area contributed by atoms with E-state index >= 15 is 0 Å².